The lowest BCUT2D eigenvalue weighted by molar-refractivity contribution is 0.0250. The molecule has 2 atom stereocenters. The van der Waals surface area contributed by atoms with E-state index in [0.717, 1.165) is 19.4 Å². The van der Waals surface area contributed by atoms with E-state index < -0.39 is 0 Å². The molecule has 2 aromatic rings. The van der Waals surface area contributed by atoms with Crippen molar-refractivity contribution in [3.63, 3.8) is 0 Å². The maximum Gasteiger partial charge on any atom is 0.260 e. The second-order valence-electron chi connectivity index (χ2n) is 5.77. The van der Waals surface area contributed by atoms with Gasteiger partial charge >= 0.3 is 0 Å². The van der Waals surface area contributed by atoms with Crippen molar-refractivity contribution in [2.24, 2.45) is 0 Å². The molecule has 1 saturated carbocycles. The Morgan fingerprint density at radius 1 is 1.38 bits per heavy atom. The molecule has 1 aliphatic carbocycles. The molecule has 4 rings (SSSR count). The minimum Gasteiger partial charge on any atom is -0.399 e. The maximum atomic E-state index is 12.3. The number of anilines is 2. The average molecular weight is 286 g/mol. The van der Waals surface area contributed by atoms with Crippen molar-refractivity contribution < 1.29 is 4.74 Å². The third kappa shape index (κ3) is 2.06. The maximum absolute atomic E-state index is 12.3. The van der Waals surface area contributed by atoms with Gasteiger partial charge in [0.05, 0.1) is 29.7 Å². The largest absolute Gasteiger partial charge is 0.399 e. The van der Waals surface area contributed by atoms with Gasteiger partial charge in [-0.15, -0.1) is 0 Å². The Balaban J connectivity index is 1.79. The molecule has 2 unspecified atom stereocenters. The normalized spacial score (nSPS) is 25.2. The van der Waals surface area contributed by atoms with Crippen molar-refractivity contribution in [1.82, 2.24) is 9.97 Å². The van der Waals surface area contributed by atoms with Crippen LogP contribution in [0, 0.1) is 0 Å². The summed E-state index contributed by atoms with van der Waals surface area (Å²) >= 11 is 0. The number of aromatic nitrogens is 2. The van der Waals surface area contributed by atoms with Crippen molar-refractivity contribution in [2.45, 2.75) is 31.4 Å². The molecule has 21 heavy (non-hydrogen) atoms. The molecule has 110 valence electrons. The Kier molecular flexibility index (Phi) is 2.85. The Morgan fingerprint density at radius 3 is 3.19 bits per heavy atom. The van der Waals surface area contributed by atoms with Gasteiger partial charge in [-0.3, -0.25) is 9.78 Å². The van der Waals surface area contributed by atoms with Crippen LogP contribution in [0.3, 0.4) is 0 Å². The molecular formula is C15H18N4O2. The molecule has 1 saturated heterocycles. The molecule has 0 spiro atoms. The molecule has 0 bridgehead atoms. The summed E-state index contributed by atoms with van der Waals surface area (Å²) in [6.45, 7) is 1.45. The molecule has 1 aliphatic heterocycles. The zero-order valence-corrected chi connectivity index (χ0v) is 11.7. The number of aromatic amines is 1. The topological polar surface area (TPSA) is 84.2 Å². The van der Waals surface area contributed by atoms with Crippen LogP contribution in [-0.2, 0) is 4.74 Å². The molecule has 1 aromatic heterocycles. The predicted molar refractivity (Wildman–Crippen MR) is 81.5 cm³/mol. The molecule has 2 aliphatic rings. The summed E-state index contributed by atoms with van der Waals surface area (Å²) in [6.07, 6.45) is 3.62. The van der Waals surface area contributed by atoms with E-state index in [1.807, 2.05) is 0 Å². The van der Waals surface area contributed by atoms with Crippen molar-refractivity contribution >= 4 is 22.5 Å². The summed E-state index contributed by atoms with van der Waals surface area (Å²) in [6, 6.07) is 5.57. The van der Waals surface area contributed by atoms with Crippen LogP contribution in [0.2, 0.25) is 0 Å². The Labute approximate surface area is 121 Å². The molecule has 2 heterocycles. The highest BCUT2D eigenvalue weighted by molar-refractivity contribution is 5.81. The molecule has 6 heteroatoms. The van der Waals surface area contributed by atoms with Crippen LogP contribution in [-0.4, -0.2) is 35.3 Å². The first kappa shape index (κ1) is 12.6. The number of benzene rings is 1. The van der Waals surface area contributed by atoms with E-state index in [-0.39, 0.29) is 11.7 Å². The molecule has 3 N–H and O–H groups in total. The van der Waals surface area contributed by atoms with Crippen molar-refractivity contribution in [1.29, 1.82) is 0 Å². The van der Waals surface area contributed by atoms with Crippen LogP contribution in [0.5, 0.6) is 0 Å². The molecular weight excluding hydrogens is 268 g/mol. The van der Waals surface area contributed by atoms with Crippen LogP contribution >= 0.6 is 0 Å². The standard InChI is InChI=1S/C15H18N4O2/c16-9-4-5-11-10(8-9)14(20)18-15(17-11)19-6-7-21-13-3-1-2-12(13)19/h4-5,8,12-13H,1-3,6-7,16H2,(H,17,18,20). The van der Waals surface area contributed by atoms with E-state index in [2.05, 4.69) is 14.9 Å². The number of nitrogen functional groups attached to an aromatic ring is 1. The van der Waals surface area contributed by atoms with E-state index in [1.165, 1.54) is 6.42 Å². The number of hydrogen-bond donors (Lipinski definition) is 2. The van der Waals surface area contributed by atoms with Gasteiger partial charge < -0.3 is 15.4 Å². The fraction of sp³-hybridized carbons (Fsp3) is 0.467. The van der Waals surface area contributed by atoms with Gasteiger partial charge in [-0.2, -0.15) is 0 Å². The van der Waals surface area contributed by atoms with Crippen LogP contribution in [0.4, 0.5) is 11.6 Å². The van der Waals surface area contributed by atoms with Crippen molar-refractivity contribution in [2.75, 3.05) is 23.8 Å². The first-order chi connectivity index (χ1) is 10.2. The first-order valence-corrected chi connectivity index (χ1v) is 7.40. The fourth-order valence-electron chi connectivity index (χ4n) is 3.47. The molecule has 6 nitrogen and oxygen atoms in total. The Morgan fingerprint density at radius 2 is 2.29 bits per heavy atom. The molecule has 2 fully saturated rings. The van der Waals surface area contributed by atoms with Gasteiger partial charge in [-0.05, 0) is 37.5 Å². The zero-order valence-electron chi connectivity index (χ0n) is 11.7. The minimum absolute atomic E-state index is 0.136. The number of rotatable bonds is 1. The minimum atomic E-state index is -0.136. The van der Waals surface area contributed by atoms with Crippen LogP contribution in [0.25, 0.3) is 10.9 Å². The van der Waals surface area contributed by atoms with Crippen LogP contribution in [0.1, 0.15) is 19.3 Å². The molecule has 0 radical (unpaired) electrons. The third-order valence-electron chi connectivity index (χ3n) is 4.47. The lowest BCUT2D eigenvalue weighted by Crippen LogP contribution is -2.49. The third-order valence-corrected chi connectivity index (χ3v) is 4.47. The number of nitrogens with one attached hydrogen (secondary N) is 1. The SMILES string of the molecule is Nc1ccc2nc(N3CCOC4CCCC43)[nH]c(=O)c2c1. The highest BCUT2D eigenvalue weighted by Crippen LogP contribution is 2.31. The summed E-state index contributed by atoms with van der Waals surface area (Å²) in [5.74, 6) is 0.650. The number of H-pyrrole nitrogens is 1. The number of ether oxygens (including phenoxy) is 1. The van der Waals surface area contributed by atoms with E-state index in [0.29, 0.717) is 35.2 Å². The van der Waals surface area contributed by atoms with E-state index in [4.69, 9.17) is 10.5 Å². The molecule has 0 amide bonds. The highest BCUT2D eigenvalue weighted by atomic mass is 16.5. The zero-order chi connectivity index (χ0) is 14.4. The van der Waals surface area contributed by atoms with Crippen LogP contribution < -0.4 is 16.2 Å². The monoisotopic (exact) mass is 286 g/mol. The highest BCUT2D eigenvalue weighted by Gasteiger charge is 2.37. The number of nitrogens with two attached hydrogens (primary N) is 1. The second-order valence-corrected chi connectivity index (χ2v) is 5.77. The average Bonchev–Trinajstić information content (AvgIpc) is 2.96. The lowest BCUT2D eigenvalue weighted by atomic mass is 10.1. The van der Waals surface area contributed by atoms with Crippen molar-refractivity contribution in [3.05, 3.63) is 28.6 Å². The quantitative estimate of drug-likeness (QED) is 0.771. The van der Waals surface area contributed by atoms with Gasteiger partial charge in [-0.25, -0.2) is 4.98 Å². The first-order valence-electron chi connectivity index (χ1n) is 7.40. The van der Waals surface area contributed by atoms with Gasteiger partial charge in [0, 0.05) is 12.2 Å². The number of fused-ring (bicyclic) bond motifs is 2. The lowest BCUT2D eigenvalue weighted by Gasteiger charge is -2.37. The summed E-state index contributed by atoms with van der Waals surface area (Å²) in [7, 11) is 0. The summed E-state index contributed by atoms with van der Waals surface area (Å²) in [5, 5.41) is 0.537. The number of nitrogens with zero attached hydrogens (tertiary/aromatic N) is 2. The number of morpholine rings is 1. The summed E-state index contributed by atoms with van der Waals surface area (Å²) in [4.78, 5) is 22.0. The second kappa shape index (κ2) is 4.73. The van der Waals surface area contributed by atoms with E-state index in [9.17, 15) is 4.79 Å². The smallest absolute Gasteiger partial charge is 0.260 e. The summed E-state index contributed by atoms with van der Waals surface area (Å²) in [5.41, 5.74) is 6.86. The molecule has 1 aromatic carbocycles. The Bertz CT molecular complexity index is 742. The number of hydrogen-bond acceptors (Lipinski definition) is 5. The summed E-state index contributed by atoms with van der Waals surface area (Å²) < 4.78 is 5.81. The Hall–Kier alpha value is -2.08. The van der Waals surface area contributed by atoms with E-state index in [1.54, 1.807) is 18.2 Å². The van der Waals surface area contributed by atoms with Gasteiger partial charge in [0.15, 0.2) is 0 Å². The van der Waals surface area contributed by atoms with Crippen LogP contribution in [0.15, 0.2) is 23.0 Å². The van der Waals surface area contributed by atoms with Gasteiger partial charge in [0.25, 0.3) is 5.56 Å². The van der Waals surface area contributed by atoms with Crippen molar-refractivity contribution in [3.8, 4) is 0 Å². The fourth-order valence-corrected chi connectivity index (χ4v) is 3.47. The predicted octanol–water partition coefficient (Wildman–Crippen LogP) is 1.26. The van der Waals surface area contributed by atoms with Gasteiger partial charge in [0.2, 0.25) is 5.95 Å². The van der Waals surface area contributed by atoms with Gasteiger partial charge in [-0.1, -0.05) is 0 Å². The van der Waals surface area contributed by atoms with Gasteiger partial charge in [0.1, 0.15) is 0 Å². The van der Waals surface area contributed by atoms with E-state index >= 15 is 0 Å².